The van der Waals surface area contributed by atoms with Gasteiger partial charge < -0.3 is 9.84 Å². The van der Waals surface area contributed by atoms with E-state index in [9.17, 15) is 9.59 Å². The van der Waals surface area contributed by atoms with E-state index in [1.165, 1.54) is 37.7 Å². The van der Waals surface area contributed by atoms with E-state index in [-0.39, 0.29) is 12.2 Å². The Morgan fingerprint density at radius 2 is 1.65 bits per heavy atom. The number of carboxylic acids is 1. The van der Waals surface area contributed by atoms with Crippen molar-refractivity contribution in [3.05, 3.63) is 71.3 Å². The molecule has 0 heterocycles. The maximum atomic E-state index is 12.0. The molecule has 1 saturated carbocycles. The molecule has 4 nitrogen and oxygen atoms in total. The summed E-state index contributed by atoms with van der Waals surface area (Å²) in [5.41, 5.74) is 3.43. The number of para-hydroxylation sites is 1. The average Bonchev–Trinajstić information content (AvgIpc) is 2.80. The molecule has 0 atom stereocenters. The molecule has 4 heteroatoms. The van der Waals surface area contributed by atoms with Crippen molar-refractivity contribution in [3.8, 4) is 5.75 Å². The lowest BCUT2D eigenvalue weighted by Crippen LogP contribution is -2.04. The highest BCUT2D eigenvalue weighted by molar-refractivity contribution is 5.93. The van der Waals surface area contributed by atoms with E-state index in [0.717, 1.165) is 16.9 Å². The zero-order valence-electron chi connectivity index (χ0n) is 18.1. The van der Waals surface area contributed by atoms with Crippen molar-refractivity contribution in [3.63, 3.8) is 0 Å². The Morgan fingerprint density at radius 1 is 0.935 bits per heavy atom. The third-order valence-corrected chi connectivity index (χ3v) is 5.88. The van der Waals surface area contributed by atoms with Crippen LogP contribution in [0.5, 0.6) is 5.75 Å². The van der Waals surface area contributed by atoms with Gasteiger partial charge in [0.25, 0.3) is 0 Å². The van der Waals surface area contributed by atoms with Crippen LogP contribution in [0.1, 0.15) is 80.4 Å². The minimum atomic E-state index is -0.822. The van der Waals surface area contributed by atoms with Crippen molar-refractivity contribution < 1.29 is 19.4 Å². The first-order chi connectivity index (χ1) is 15.1. The van der Waals surface area contributed by atoms with Crippen molar-refractivity contribution in [2.24, 2.45) is 0 Å². The third-order valence-electron chi connectivity index (χ3n) is 5.88. The Morgan fingerprint density at radius 3 is 2.39 bits per heavy atom. The van der Waals surface area contributed by atoms with E-state index >= 15 is 0 Å². The number of aliphatic carboxylic acids is 1. The summed E-state index contributed by atoms with van der Waals surface area (Å²) in [6.07, 6.45) is 11.6. The van der Waals surface area contributed by atoms with Gasteiger partial charge in [-0.15, -0.1) is 0 Å². The van der Waals surface area contributed by atoms with Crippen LogP contribution in [0.25, 0.3) is 6.08 Å². The molecular formula is C27H32O4. The van der Waals surface area contributed by atoms with E-state index in [2.05, 4.69) is 24.3 Å². The Kier molecular flexibility index (Phi) is 8.89. The van der Waals surface area contributed by atoms with Gasteiger partial charge in [0.1, 0.15) is 12.4 Å². The number of hydrogen-bond acceptors (Lipinski definition) is 3. The van der Waals surface area contributed by atoms with Crippen LogP contribution in [-0.2, 0) is 16.2 Å². The monoisotopic (exact) mass is 420 g/mol. The highest BCUT2D eigenvalue weighted by Crippen LogP contribution is 2.32. The largest absolute Gasteiger partial charge is 0.488 e. The molecule has 0 spiro atoms. The number of unbranched alkanes of at least 4 members (excludes halogenated alkanes) is 1. The molecule has 2 aromatic rings. The number of carboxylic acid groups (broad SMARTS) is 1. The molecule has 0 aliphatic heterocycles. The molecule has 2 aromatic carbocycles. The van der Waals surface area contributed by atoms with Crippen molar-refractivity contribution in [2.75, 3.05) is 0 Å². The summed E-state index contributed by atoms with van der Waals surface area (Å²) in [7, 11) is 0. The van der Waals surface area contributed by atoms with Gasteiger partial charge in [0.15, 0.2) is 5.78 Å². The van der Waals surface area contributed by atoms with E-state index in [4.69, 9.17) is 9.84 Å². The molecule has 1 aliphatic carbocycles. The Bertz CT molecular complexity index is 876. The molecule has 0 unspecified atom stereocenters. The van der Waals surface area contributed by atoms with Gasteiger partial charge in [0, 0.05) is 18.4 Å². The number of ether oxygens (including phenoxy) is 1. The summed E-state index contributed by atoms with van der Waals surface area (Å²) < 4.78 is 6.04. The Balaban J connectivity index is 1.52. The molecule has 164 valence electrons. The second-order valence-electron chi connectivity index (χ2n) is 8.30. The summed E-state index contributed by atoms with van der Waals surface area (Å²) in [5.74, 6) is 0.626. The number of hydrogen-bond donors (Lipinski definition) is 1. The van der Waals surface area contributed by atoms with Crippen LogP contribution in [0, 0.1) is 0 Å². The number of rotatable bonds is 11. The lowest BCUT2D eigenvalue weighted by molar-refractivity contribution is -0.137. The molecule has 31 heavy (non-hydrogen) atoms. The van der Waals surface area contributed by atoms with Crippen molar-refractivity contribution in [1.29, 1.82) is 0 Å². The van der Waals surface area contributed by atoms with E-state index in [0.29, 0.717) is 31.8 Å². The lowest BCUT2D eigenvalue weighted by Gasteiger charge is -2.22. The van der Waals surface area contributed by atoms with E-state index < -0.39 is 5.97 Å². The minimum absolute atomic E-state index is 0.00140. The molecule has 0 saturated heterocycles. The smallest absolute Gasteiger partial charge is 0.303 e. The molecule has 0 amide bonds. The molecule has 0 aromatic heterocycles. The SMILES string of the molecule is O=C(O)CCCCC(=O)C=Cc1ccccc1OCc1ccc(C2CCCCC2)cc1. The molecular weight excluding hydrogens is 388 g/mol. The summed E-state index contributed by atoms with van der Waals surface area (Å²) in [5, 5.41) is 8.65. The van der Waals surface area contributed by atoms with Gasteiger partial charge in [-0.25, -0.2) is 0 Å². The number of ketones is 1. The fourth-order valence-electron chi connectivity index (χ4n) is 4.07. The lowest BCUT2D eigenvalue weighted by atomic mass is 9.84. The summed E-state index contributed by atoms with van der Waals surface area (Å²) in [6, 6.07) is 16.5. The van der Waals surface area contributed by atoms with Gasteiger partial charge in [0.05, 0.1) is 0 Å². The first kappa shape index (κ1) is 22.8. The van der Waals surface area contributed by atoms with Gasteiger partial charge in [-0.1, -0.05) is 61.7 Å². The van der Waals surface area contributed by atoms with Gasteiger partial charge in [-0.3, -0.25) is 9.59 Å². The first-order valence-corrected chi connectivity index (χ1v) is 11.3. The second kappa shape index (κ2) is 12.1. The zero-order valence-corrected chi connectivity index (χ0v) is 18.1. The maximum absolute atomic E-state index is 12.0. The zero-order chi connectivity index (χ0) is 21.9. The van der Waals surface area contributed by atoms with Crippen LogP contribution in [0.2, 0.25) is 0 Å². The summed E-state index contributed by atoms with van der Waals surface area (Å²) in [6.45, 7) is 0.485. The second-order valence-corrected chi connectivity index (χ2v) is 8.30. The number of benzene rings is 2. The van der Waals surface area contributed by atoms with Crippen molar-refractivity contribution in [1.82, 2.24) is 0 Å². The first-order valence-electron chi connectivity index (χ1n) is 11.3. The third kappa shape index (κ3) is 7.71. The number of carbonyl (C=O) groups excluding carboxylic acids is 1. The quantitative estimate of drug-likeness (QED) is 0.331. The maximum Gasteiger partial charge on any atom is 0.303 e. The Labute approximate surface area is 184 Å². The predicted molar refractivity (Wildman–Crippen MR) is 123 cm³/mol. The van der Waals surface area contributed by atoms with Crippen LogP contribution in [-0.4, -0.2) is 16.9 Å². The number of carbonyl (C=O) groups is 2. The Hall–Kier alpha value is -2.88. The summed E-state index contributed by atoms with van der Waals surface area (Å²) in [4.78, 5) is 22.6. The molecule has 0 radical (unpaired) electrons. The van der Waals surface area contributed by atoms with Crippen molar-refractivity contribution in [2.45, 2.75) is 70.3 Å². The summed E-state index contributed by atoms with van der Waals surface area (Å²) >= 11 is 0. The van der Waals surface area contributed by atoms with Gasteiger partial charge >= 0.3 is 5.97 Å². The molecule has 1 aliphatic rings. The van der Waals surface area contributed by atoms with Crippen LogP contribution in [0.15, 0.2) is 54.6 Å². The van der Waals surface area contributed by atoms with Crippen LogP contribution in [0.4, 0.5) is 0 Å². The normalized spacial score (nSPS) is 14.6. The van der Waals surface area contributed by atoms with E-state index in [1.54, 1.807) is 12.2 Å². The number of allylic oxidation sites excluding steroid dienone is 1. The van der Waals surface area contributed by atoms with Gasteiger partial charge in [-0.2, -0.15) is 0 Å². The fraction of sp³-hybridized carbons (Fsp3) is 0.407. The molecule has 1 fully saturated rings. The fourth-order valence-corrected chi connectivity index (χ4v) is 4.07. The van der Waals surface area contributed by atoms with E-state index in [1.807, 2.05) is 24.3 Å². The van der Waals surface area contributed by atoms with Gasteiger partial charge in [-0.05, 0) is 60.9 Å². The van der Waals surface area contributed by atoms with Crippen LogP contribution < -0.4 is 4.74 Å². The topological polar surface area (TPSA) is 63.6 Å². The molecule has 1 N–H and O–H groups in total. The van der Waals surface area contributed by atoms with Gasteiger partial charge in [0.2, 0.25) is 0 Å². The van der Waals surface area contributed by atoms with Crippen LogP contribution in [0.3, 0.4) is 0 Å². The van der Waals surface area contributed by atoms with Crippen LogP contribution >= 0.6 is 0 Å². The standard InChI is InChI=1S/C27H32O4/c28-25(11-5-7-13-27(29)30)19-18-24-10-4-6-12-26(24)31-20-21-14-16-23(17-15-21)22-8-2-1-3-9-22/h4,6,10,12,14-19,22H,1-3,5,7-9,11,13,20H2,(H,29,30). The molecule has 3 rings (SSSR count). The minimum Gasteiger partial charge on any atom is -0.488 e. The highest BCUT2D eigenvalue weighted by Gasteiger charge is 2.15. The highest BCUT2D eigenvalue weighted by atomic mass is 16.5. The predicted octanol–water partition coefficient (Wildman–Crippen LogP) is 6.54. The molecule has 0 bridgehead atoms. The van der Waals surface area contributed by atoms with Crippen molar-refractivity contribution >= 4 is 17.8 Å². The average molecular weight is 421 g/mol.